The van der Waals surface area contributed by atoms with Crippen LogP contribution < -0.4 is 10.1 Å². The Hall–Kier alpha value is -3.05. The first kappa shape index (κ1) is 23.1. The van der Waals surface area contributed by atoms with Crippen molar-refractivity contribution in [1.82, 2.24) is 10.2 Å². The van der Waals surface area contributed by atoms with Crippen LogP contribution in [0.15, 0.2) is 42.5 Å². The van der Waals surface area contributed by atoms with Crippen LogP contribution in [0, 0.1) is 17.2 Å². The number of rotatable bonds is 8. The van der Waals surface area contributed by atoms with Crippen molar-refractivity contribution < 1.29 is 22.7 Å². The zero-order valence-corrected chi connectivity index (χ0v) is 18.4. The van der Waals surface area contributed by atoms with E-state index in [0.717, 1.165) is 16.7 Å². The van der Waals surface area contributed by atoms with Gasteiger partial charge in [0.25, 0.3) is 5.92 Å². The monoisotopic (exact) mass is 457 g/mol. The molecule has 0 radical (unpaired) electrons. The zero-order valence-electron chi connectivity index (χ0n) is 18.4. The highest BCUT2D eigenvalue weighted by Crippen LogP contribution is 2.48. The molecular formula is C25H26F3N3O2. The largest absolute Gasteiger partial charge is 0.493 e. The second-order valence-electron chi connectivity index (χ2n) is 8.84. The van der Waals surface area contributed by atoms with Gasteiger partial charge in [0, 0.05) is 26.1 Å². The van der Waals surface area contributed by atoms with Crippen molar-refractivity contribution in [1.29, 1.82) is 5.26 Å². The van der Waals surface area contributed by atoms with E-state index in [1.54, 1.807) is 12.1 Å². The standard InChI is InChI=1S/C25H26F3N3O2/c1-16(30-24(32)8-9-29)18-4-2-17(3-5-18)12-31-13-19-6-7-21(10-22(19)23(26)14-31)33-15-20-11-25(20,27)28/h2-7,10,16,20,23H,8,11-15H2,1H3,(H,30,32)/t16-,20?,23?/m0/s1. The van der Waals surface area contributed by atoms with Crippen LogP contribution in [0.1, 0.15) is 54.2 Å². The summed E-state index contributed by atoms with van der Waals surface area (Å²) in [6.45, 7) is 3.20. The summed E-state index contributed by atoms with van der Waals surface area (Å²) in [6, 6.07) is 14.5. The Morgan fingerprint density at radius 3 is 2.70 bits per heavy atom. The third kappa shape index (κ3) is 5.66. The molecule has 1 N–H and O–H groups in total. The number of carbonyl (C=O) groups is 1. The van der Waals surface area contributed by atoms with Gasteiger partial charge in [0.05, 0.1) is 24.6 Å². The van der Waals surface area contributed by atoms with Gasteiger partial charge in [-0.1, -0.05) is 30.3 Å². The molecule has 2 unspecified atom stereocenters. The Balaban J connectivity index is 1.33. The van der Waals surface area contributed by atoms with Gasteiger partial charge in [0.15, 0.2) is 0 Å². The highest BCUT2D eigenvalue weighted by molar-refractivity contribution is 5.78. The summed E-state index contributed by atoms with van der Waals surface area (Å²) < 4.78 is 46.4. The van der Waals surface area contributed by atoms with Gasteiger partial charge in [0.1, 0.15) is 18.3 Å². The molecule has 2 aromatic carbocycles. The van der Waals surface area contributed by atoms with E-state index in [0.29, 0.717) is 24.4 Å². The number of fused-ring (bicyclic) bond motifs is 1. The number of hydrogen-bond donors (Lipinski definition) is 1. The maximum absolute atomic E-state index is 14.9. The van der Waals surface area contributed by atoms with E-state index in [4.69, 9.17) is 10.00 Å². The third-order valence-electron chi connectivity index (χ3n) is 6.18. The van der Waals surface area contributed by atoms with Gasteiger partial charge in [-0.25, -0.2) is 13.2 Å². The minimum atomic E-state index is -2.63. The van der Waals surface area contributed by atoms with Gasteiger partial charge in [-0.3, -0.25) is 9.69 Å². The van der Waals surface area contributed by atoms with Gasteiger partial charge in [-0.2, -0.15) is 5.26 Å². The van der Waals surface area contributed by atoms with Crippen molar-refractivity contribution in [2.75, 3.05) is 13.2 Å². The van der Waals surface area contributed by atoms with Gasteiger partial charge in [-0.05, 0) is 41.3 Å². The summed E-state index contributed by atoms with van der Waals surface area (Å²) >= 11 is 0. The predicted molar refractivity (Wildman–Crippen MR) is 116 cm³/mol. The van der Waals surface area contributed by atoms with Crippen molar-refractivity contribution in [3.8, 4) is 11.8 Å². The molecule has 0 bridgehead atoms. The number of benzene rings is 2. The first-order valence-electron chi connectivity index (χ1n) is 11.0. The molecule has 2 aromatic rings. The van der Waals surface area contributed by atoms with E-state index < -0.39 is 18.0 Å². The van der Waals surface area contributed by atoms with Crippen molar-refractivity contribution in [2.24, 2.45) is 5.92 Å². The number of nitriles is 1. The molecule has 2 aliphatic rings. The smallest absolute Gasteiger partial charge is 0.255 e. The summed E-state index contributed by atoms with van der Waals surface area (Å²) in [6.07, 6.45) is -1.50. The van der Waals surface area contributed by atoms with Crippen LogP contribution >= 0.6 is 0 Å². The molecule has 8 heteroatoms. The van der Waals surface area contributed by atoms with Crippen LogP contribution in [0.5, 0.6) is 5.75 Å². The Kier molecular flexibility index (Phi) is 6.61. The topological polar surface area (TPSA) is 65.4 Å². The first-order valence-corrected chi connectivity index (χ1v) is 11.0. The lowest BCUT2D eigenvalue weighted by atomic mass is 9.97. The SMILES string of the molecule is C[C@H](NC(=O)CC#N)c1ccc(CN2Cc3ccc(OCC4CC4(F)F)cc3C(F)C2)cc1. The second kappa shape index (κ2) is 9.44. The zero-order chi connectivity index (χ0) is 23.6. The average molecular weight is 457 g/mol. The van der Waals surface area contributed by atoms with Crippen LogP contribution in [0.4, 0.5) is 13.2 Å². The molecule has 3 atom stereocenters. The lowest BCUT2D eigenvalue weighted by Crippen LogP contribution is -2.31. The van der Waals surface area contributed by atoms with E-state index in [1.807, 2.05) is 48.2 Å². The van der Waals surface area contributed by atoms with Crippen molar-refractivity contribution in [3.05, 3.63) is 64.7 Å². The highest BCUT2D eigenvalue weighted by atomic mass is 19.3. The number of carbonyl (C=O) groups excluding carboxylic acids is 1. The fourth-order valence-electron chi connectivity index (χ4n) is 4.11. The van der Waals surface area contributed by atoms with E-state index in [2.05, 4.69) is 5.32 Å². The molecule has 1 saturated carbocycles. The summed E-state index contributed by atoms with van der Waals surface area (Å²) in [4.78, 5) is 13.6. The number of halogens is 3. The van der Waals surface area contributed by atoms with Gasteiger partial charge in [0.2, 0.25) is 5.91 Å². The maximum atomic E-state index is 14.9. The van der Waals surface area contributed by atoms with Crippen LogP contribution in [0.25, 0.3) is 0 Å². The maximum Gasteiger partial charge on any atom is 0.255 e. The molecule has 1 fully saturated rings. The Morgan fingerprint density at radius 2 is 2.03 bits per heavy atom. The molecule has 1 heterocycles. The normalized spacial score (nSPS) is 22.0. The molecule has 5 nitrogen and oxygen atoms in total. The molecule has 174 valence electrons. The highest BCUT2D eigenvalue weighted by Gasteiger charge is 2.57. The lowest BCUT2D eigenvalue weighted by molar-refractivity contribution is -0.120. The minimum Gasteiger partial charge on any atom is -0.493 e. The van der Waals surface area contributed by atoms with E-state index in [-0.39, 0.29) is 37.9 Å². The number of hydrogen-bond acceptors (Lipinski definition) is 4. The summed E-state index contributed by atoms with van der Waals surface area (Å²) in [7, 11) is 0. The molecule has 0 saturated heterocycles. The molecule has 1 amide bonds. The molecular weight excluding hydrogens is 431 g/mol. The molecule has 0 aromatic heterocycles. The summed E-state index contributed by atoms with van der Waals surface area (Å²) in [5, 5.41) is 11.4. The van der Waals surface area contributed by atoms with Crippen LogP contribution in [-0.4, -0.2) is 29.9 Å². The fraction of sp³-hybridized carbons (Fsp3) is 0.440. The third-order valence-corrected chi connectivity index (χ3v) is 6.18. The Labute approximate surface area is 191 Å². The summed E-state index contributed by atoms with van der Waals surface area (Å²) in [5.41, 5.74) is 3.37. The van der Waals surface area contributed by atoms with Crippen LogP contribution in [-0.2, 0) is 17.9 Å². The minimum absolute atomic E-state index is 0.0501. The number of amides is 1. The van der Waals surface area contributed by atoms with Crippen molar-refractivity contribution in [3.63, 3.8) is 0 Å². The molecule has 33 heavy (non-hydrogen) atoms. The Bertz CT molecular complexity index is 1050. The molecule has 4 rings (SSSR count). The van der Waals surface area contributed by atoms with E-state index in [9.17, 15) is 18.0 Å². The molecule has 1 aliphatic carbocycles. The number of ether oxygens (including phenoxy) is 1. The lowest BCUT2D eigenvalue weighted by Gasteiger charge is -2.31. The fourth-order valence-corrected chi connectivity index (χ4v) is 4.11. The van der Waals surface area contributed by atoms with Crippen LogP contribution in [0.2, 0.25) is 0 Å². The average Bonchev–Trinajstić information content (AvgIpc) is 3.39. The van der Waals surface area contributed by atoms with Gasteiger partial charge in [-0.15, -0.1) is 0 Å². The van der Waals surface area contributed by atoms with Crippen molar-refractivity contribution >= 4 is 5.91 Å². The quantitative estimate of drug-likeness (QED) is 0.616. The van der Waals surface area contributed by atoms with E-state index >= 15 is 0 Å². The second-order valence-corrected chi connectivity index (χ2v) is 8.84. The first-order chi connectivity index (χ1) is 15.7. The number of alkyl halides is 3. The summed E-state index contributed by atoms with van der Waals surface area (Å²) in [5.74, 6) is -3.25. The van der Waals surface area contributed by atoms with Gasteiger partial charge < -0.3 is 10.1 Å². The number of nitrogens with zero attached hydrogens (tertiary/aromatic N) is 2. The predicted octanol–water partition coefficient (Wildman–Crippen LogP) is 4.84. The molecule has 0 spiro atoms. The van der Waals surface area contributed by atoms with E-state index in [1.165, 1.54) is 0 Å². The van der Waals surface area contributed by atoms with Gasteiger partial charge >= 0.3 is 0 Å². The number of nitrogens with one attached hydrogen (secondary N) is 1. The van der Waals surface area contributed by atoms with Crippen molar-refractivity contribution in [2.45, 2.75) is 51.0 Å². The van der Waals surface area contributed by atoms with Crippen LogP contribution in [0.3, 0.4) is 0 Å². The molecule has 1 aliphatic heterocycles. The Morgan fingerprint density at radius 1 is 1.30 bits per heavy atom.